The minimum atomic E-state index is 0.229. The Hall–Kier alpha value is -1.39. The first-order valence-corrected chi connectivity index (χ1v) is 6.67. The molecule has 0 bridgehead atoms. The number of nitrogens with two attached hydrogens (primary N) is 1. The van der Waals surface area contributed by atoms with Crippen LogP contribution in [-0.4, -0.2) is 13.7 Å². The van der Waals surface area contributed by atoms with Gasteiger partial charge in [-0.25, -0.2) is 0 Å². The SMILES string of the molecule is COc1ccc(C(CN)Sc2ccoc2C)cc1. The van der Waals surface area contributed by atoms with Gasteiger partial charge >= 0.3 is 0 Å². The van der Waals surface area contributed by atoms with E-state index in [1.54, 1.807) is 25.1 Å². The van der Waals surface area contributed by atoms with E-state index in [2.05, 4.69) is 12.1 Å². The number of furan rings is 1. The van der Waals surface area contributed by atoms with E-state index in [1.807, 2.05) is 25.1 Å². The molecule has 96 valence electrons. The molecule has 2 N–H and O–H groups in total. The number of benzene rings is 1. The normalized spacial score (nSPS) is 12.4. The van der Waals surface area contributed by atoms with Crippen LogP contribution >= 0.6 is 11.8 Å². The second kappa shape index (κ2) is 5.98. The van der Waals surface area contributed by atoms with E-state index in [9.17, 15) is 0 Å². The largest absolute Gasteiger partial charge is 0.497 e. The van der Waals surface area contributed by atoms with Gasteiger partial charge in [0.05, 0.1) is 13.4 Å². The van der Waals surface area contributed by atoms with Gasteiger partial charge in [0, 0.05) is 16.7 Å². The molecule has 0 aliphatic carbocycles. The van der Waals surface area contributed by atoms with Crippen LogP contribution in [0.5, 0.6) is 5.75 Å². The minimum Gasteiger partial charge on any atom is -0.497 e. The van der Waals surface area contributed by atoms with Gasteiger partial charge in [-0.2, -0.15) is 0 Å². The fraction of sp³-hybridized carbons (Fsp3) is 0.286. The number of methoxy groups -OCH3 is 1. The van der Waals surface area contributed by atoms with E-state index in [-0.39, 0.29) is 5.25 Å². The summed E-state index contributed by atoms with van der Waals surface area (Å²) in [6.45, 7) is 2.55. The molecule has 1 atom stereocenters. The number of hydrogen-bond acceptors (Lipinski definition) is 4. The lowest BCUT2D eigenvalue weighted by molar-refractivity contribution is 0.414. The summed E-state index contributed by atoms with van der Waals surface area (Å²) >= 11 is 1.73. The number of thioether (sulfide) groups is 1. The molecule has 0 radical (unpaired) electrons. The lowest BCUT2D eigenvalue weighted by Crippen LogP contribution is -2.09. The predicted octanol–water partition coefficient (Wildman–Crippen LogP) is 3.39. The Bertz CT molecular complexity index is 493. The minimum absolute atomic E-state index is 0.229. The maximum atomic E-state index is 5.86. The topological polar surface area (TPSA) is 48.4 Å². The molecule has 0 aliphatic heterocycles. The molecule has 0 fully saturated rings. The average Bonchev–Trinajstić information content (AvgIpc) is 2.81. The van der Waals surface area contributed by atoms with Gasteiger partial charge in [-0.3, -0.25) is 0 Å². The van der Waals surface area contributed by atoms with E-state index in [0.717, 1.165) is 16.4 Å². The first-order chi connectivity index (χ1) is 8.74. The number of aryl methyl sites for hydroxylation is 1. The Morgan fingerprint density at radius 2 is 2.00 bits per heavy atom. The summed E-state index contributed by atoms with van der Waals surface area (Å²) < 4.78 is 10.5. The molecule has 2 aromatic rings. The third-order valence-corrected chi connectivity index (χ3v) is 4.21. The molecule has 0 amide bonds. The van der Waals surface area contributed by atoms with E-state index in [4.69, 9.17) is 14.9 Å². The molecule has 3 nitrogen and oxygen atoms in total. The zero-order valence-electron chi connectivity index (χ0n) is 10.6. The van der Waals surface area contributed by atoms with Crippen molar-refractivity contribution < 1.29 is 9.15 Å². The molecule has 18 heavy (non-hydrogen) atoms. The van der Waals surface area contributed by atoms with E-state index in [0.29, 0.717) is 6.54 Å². The lowest BCUT2D eigenvalue weighted by atomic mass is 10.1. The summed E-state index contributed by atoms with van der Waals surface area (Å²) in [7, 11) is 1.67. The summed E-state index contributed by atoms with van der Waals surface area (Å²) in [6, 6.07) is 10.0. The van der Waals surface area contributed by atoms with Crippen LogP contribution < -0.4 is 10.5 Å². The highest BCUT2D eigenvalue weighted by molar-refractivity contribution is 7.99. The van der Waals surface area contributed by atoms with Crippen molar-refractivity contribution >= 4 is 11.8 Å². The average molecular weight is 263 g/mol. The smallest absolute Gasteiger partial charge is 0.118 e. The molecule has 0 saturated heterocycles. The zero-order chi connectivity index (χ0) is 13.0. The van der Waals surface area contributed by atoms with Crippen LogP contribution in [0.2, 0.25) is 0 Å². The van der Waals surface area contributed by atoms with Crippen LogP contribution in [0.25, 0.3) is 0 Å². The summed E-state index contributed by atoms with van der Waals surface area (Å²) in [5.74, 6) is 1.80. The molecule has 4 heteroatoms. The lowest BCUT2D eigenvalue weighted by Gasteiger charge is -2.14. The molecular weight excluding hydrogens is 246 g/mol. The Labute approximate surface area is 111 Å². The molecule has 1 unspecified atom stereocenters. The van der Waals surface area contributed by atoms with Crippen molar-refractivity contribution in [3.63, 3.8) is 0 Å². The summed E-state index contributed by atoms with van der Waals surface area (Å²) in [5, 5.41) is 0.229. The highest BCUT2D eigenvalue weighted by Crippen LogP contribution is 2.36. The van der Waals surface area contributed by atoms with Gasteiger partial charge in [0.25, 0.3) is 0 Å². The second-order valence-electron chi connectivity index (χ2n) is 3.96. The van der Waals surface area contributed by atoms with Crippen molar-refractivity contribution in [1.29, 1.82) is 0 Å². The van der Waals surface area contributed by atoms with Gasteiger partial charge in [0.2, 0.25) is 0 Å². The first kappa shape index (κ1) is 13.1. The Kier molecular flexibility index (Phi) is 4.33. The van der Waals surface area contributed by atoms with Crippen molar-refractivity contribution in [2.24, 2.45) is 5.73 Å². The highest BCUT2D eigenvalue weighted by atomic mass is 32.2. The number of hydrogen-bond donors (Lipinski definition) is 1. The number of ether oxygens (including phenoxy) is 1. The first-order valence-electron chi connectivity index (χ1n) is 5.79. The van der Waals surface area contributed by atoms with Gasteiger partial charge in [0.15, 0.2) is 0 Å². The molecule has 1 heterocycles. The Morgan fingerprint density at radius 3 is 2.50 bits per heavy atom. The van der Waals surface area contributed by atoms with Crippen LogP contribution in [-0.2, 0) is 0 Å². The Morgan fingerprint density at radius 1 is 1.28 bits per heavy atom. The van der Waals surface area contributed by atoms with Crippen molar-refractivity contribution in [2.45, 2.75) is 17.1 Å². The molecule has 0 aliphatic rings. The van der Waals surface area contributed by atoms with Crippen LogP contribution in [0.3, 0.4) is 0 Å². The van der Waals surface area contributed by atoms with Gasteiger partial charge < -0.3 is 14.9 Å². The van der Waals surface area contributed by atoms with Crippen molar-refractivity contribution in [3.05, 3.63) is 47.9 Å². The summed E-state index contributed by atoms with van der Waals surface area (Å²) in [5.41, 5.74) is 7.06. The second-order valence-corrected chi connectivity index (χ2v) is 5.20. The predicted molar refractivity (Wildman–Crippen MR) is 74.1 cm³/mol. The molecule has 0 saturated carbocycles. The fourth-order valence-electron chi connectivity index (χ4n) is 1.72. The van der Waals surface area contributed by atoms with Gasteiger partial charge in [-0.05, 0) is 30.7 Å². The van der Waals surface area contributed by atoms with Crippen molar-refractivity contribution in [3.8, 4) is 5.75 Å². The van der Waals surface area contributed by atoms with E-state index >= 15 is 0 Å². The van der Waals surface area contributed by atoms with Crippen LogP contribution in [0, 0.1) is 6.92 Å². The maximum Gasteiger partial charge on any atom is 0.118 e. The van der Waals surface area contributed by atoms with E-state index in [1.165, 1.54) is 5.56 Å². The third-order valence-electron chi connectivity index (χ3n) is 2.78. The Balaban J connectivity index is 2.15. The highest BCUT2D eigenvalue weighted by Gasteiger charge is 2.14. The van der Waals surface area contributed by atoms with Gasteiger partial charge in [-0.15, -0.1) is 11.8 Å². The van der Waals surface area contributed by atoms with Crippen molar-refractivity contribution in [2.75, 3.05) is 13.7 Å². The van der Waals surface area contributed by atoms with Crippen LogP contribution in [0.4, 0.5) is 0 Å². The quantitative estimate of drug-likeness (QED) is 0.840. The molecule has 2 rings (SSSR count). The molecule has 1 aromatic carbocycles. The summed E-state index contributed by atoms with van der Waals surface area (Å²) in [4.78, 5) is 1.14. The fourth-order valence-corrected chi connectivity index (χ4v) is 2.76. The molecular formula is C14H17NO2S. The third kappa shape index (κ3) is 2.89. The molecule has 0 spiro atoms. The van der Waals surface area contributed by atoms with Gasteiger partial charge in [-0.1, -0.05) is 12.1 Å². The zero-order valence-corrected chi connectivity index (χ0v) is 11.4. The molecule has 1 aromatic heterocycles. The van der Waals surface area contributed by atoms with Crippen molar-refractivity contribution in [1.82, 2.24) is 0 Å². The number of rotatable bonds is 5. The standard InChI is InChI=1S/C14H17NO2S/c1-10-13(7-8-17-10)18-14(9-15)11-3-5-12(16-2)6-4-11/h3-8,14H,9,15H2,1-2H3. The van der Waals surface area contributed by atoms with Crippen LogP contribution in [0.1, 0.15) is 16.6 Å². The summed E-state index contributed by atoms with van der Waals surface area (Å²) in [6.07, 6.45) is 1.71. The monoisotopic (exact) mass is 263 g/mol. The van der Waals surface area contributed by atoms with Crippen LogP contribution in [0.15, 0.2) is 45.9 Å². The van der Waals surface area contributed by atoms with Gasteiger partial charge in [0.1, 0.15) is 11.5 Å². The maximum absolute atomic E-state index is 5.86. The van der Waals surface area contributed by atoms with E-state index < -0.39 is 0 Å².